The maximum Gasteiger partial charge on any atom is 0.252 e. The van der Waals surface area contributed by atoms with E-state index in [-0.39, 0.29) is 0 Å². The highest BCUT2D eigenvalue weighted by Crippen LogP contribution is 2.31. The van der Waals surface area contributed by atoms with Gasteiger partial charge in [-0.25, -0.2) is 4.98 Å². The number of ether oxygens (including phenoxy) is 1. The lowest BCUT2D eigenvalue weighted by Gasteiger charge is -2.11. The summed E-state index contributed by atoms with van der Waals surface area (Å²) in [6, 6.07) is 25.7. The second-order valence-corrected chi connectivity index (χ2v) is 7.74. The first-order valence-electron chi connectivity index (χ1n) is 9.71. The van der Waals surface area contributed by atoms with E-state index in [1.807, 2.05) is 60.7 Å². The molecule has 0 saturated heterocycles. The molecule has 1 heterocycles. The smallest absolute Gasteiger partial charge is 0.252 e. The Labute approximate surface area is 195 Å². The lowest BCUT2D eigenvalue weighted by Crippen LogP contribution is -1.94. The molecule has 4 rings (SSSR count). The summed E-state index contributed by atoms with van der Waals surface area (Å²) in [4.78, 5) is 27.6. The fourth-order valence-electron chi connectivity index (χ4n) is 3.32. The molecule has 0 spiro atoms. The summed E-state index contributed by atoms with van der Waals surface area (Å²) >= 11 is 11.1. The average Bonchev–Trinajstić information content (AvgIpc) is 2.84. The molecule has 0 aliphatic carbocycles. The molecule has 4 aromatic rings. The lowest BCUT2D eigenvalue weighted by molar-refractivity contribution is 0.107. The largest absolute Gasteiger partial charge is 0.497 e. The quantitative estimate of drug-likeness (QED) is 0.294. The van der Waals surface area contributed by atoms with E-state index in [1.54, 1.807) is 31.4 Å². The Morgan fingerprint density at radius 2 is 1.03 bits per heavy atom. The van der Waals surface area contributed by atoms with Crippen molar-refractivity contribution in [2.24, 2.45) is 0 Å². The topological polar surface area (TPSA) is 56.3 Å². The summed E-state index contributed by atoms with van der Waals surface area (Å²) in [5.74, 6) is 0.769. The summed E-state index contributed by atoms with van der Waals surface area (Å²) in [6.07, 6.45) is 0. The SMILES string of the molecule is COc1ccc(-c2cc(-c3ccc(C(=O)Cl)cc3)nc(-c3ccc(C(=O)Cl)cc3)c2)cc1. The van der Waals surface area contributed by atoms with Gasteiger partial charge < -0.3 is 4.74 Å². The predicted molar refractivity (Wildman–Crippen MR) is 127 cm³/mol. The second-order valence-electron chi connectivity index (χ2n) is 7.06. The van der Waals surface area contributed by atoms with Gasteiger partial charge in [0.2, 0.25) is 0 Å². The van der Waals surface area contributed by atoms with Crippen molar-refractivity contribution < 1.29 is 14.3 Å². The fraction of sp³-hybridized carbons (Fsp3) is 0.0385. The number of halogens is 2. The predicted octanol–water partition coefficient (Wildman–Crippen LogP) is 6.85. The fourth-order valence-corrected chi connectivity index (χ4v) is 3.57. The number of hydrogen-bond donors (Lipinski definition) is 0. The lowest BCUT2D eigenvalue weighted by atomic mass is 9.99. The highest BCUT2D eigenvalue weighted by atomic mass is 35.5. The third-order valence-corrected chi connectivity index (χ3v) is 5.50. The van der Waals surface area contributed by atoms with Crippen LogP contribution in [0.3, 0.4) is 0 Å². The minimum atomic E-state index is -0.508. The molecule has 0 amide bonds. The molecular weight excluding hydrogens is 445 g/mol. The van der Waals surface area contributed by atoms with Crippen LogP contribution in [0, 0.1) is 0 Å². The normalized spacial score (nSPS) is 10.6. The van der Waals surface area contributed by atoms with Gasteiger partial charge in [0.15, 0.2) is 0 Å². The van der Waals surface area contributed by atoms with Crippen LogP contribution in [0.4, 0.5) is 0 Å². The molecular formula is C26H17Cl2NO3. The van der Waals surface area contributed by atoms with Gasteiger partial charge in [-0.05, 0) is 82.9 Å². The summed E-state index contributed by atoms with van der Waals surface area (Å²) in [6.45, 7) is 0. The molecule has 0 aliphatic heterocycles. The van der Waals surface area contributed by atoms with E-state index >= 15 is 0 Å². The van der Waals surface area contributed by atoms with Crippen LogP contribution in [0.2, 0.25) is 0 Å². The Balaban J connectivity index is 1.83. The van der Waals surface area contributed by atoms with E-state index in [0.29, 0.717) is 11.1 Å². The Morgan fingerprint density at radius 1 is 0.625 bits per heavy atom. The van der Waals surface area contributed by atoms with E-state index in [0.717, 1.165) is 39.4 Å². The molecule has 0 saturated carbocycles. The Morgan fingerprint density at radius 3 is 1.41 bits per heavy atom. The van der Waals surface area contributed by atoms with Crippen LogP contribution in [0.1, 0.15) is 20.7 Å². The van der Waals surface area contributed by atoms with E-state index in [2.05, 4.69) is 0 Å². The number of rotatable bonds is 6. The molecule has 3 aromatic carbocycles. The van der Waals surface area contributed by atoms with Gasteiger partial charge in [-0.1, -0.05) is 36.4 Å². The maximum absolute atomic E-state index is 11.4. The number of nitrogens with zero attached hydrogens (tertiary/aromatic N) is 1. The van der Waals surface area contributed by atoms with Crippen LogP contribution in [-0.4, -0.2) is 22.6 Å². The zero-order valence-electron chi connectivity index (χ0n) is 17.0. The number of benzene rings is 3. The molecule has 0 fully saturated rings. The van der Waals surface area contributed by atoms with Crippen LogP contribution in [0.15, 0.2) is 84.9 Å². The third kappa shape index (κ3) is 4.72. The van der Waals surface area contributed by atoms with Gasteiger partial charge in [-0.2, -0.15) is 0 Å². The Bertz CT molecular complexity index is 1210. The molecule has 0 atom stereocenters. The molecule has 32 heavy (non-hydrogen) atoms. The third-order valence-electron chi connectivity index (χ3n) is 5.06. The van der Waals surface area contributed by atoms with Gasteiger partial charge >= 0.3 is 0 Å². The minimum Gasteiger partial charge on any atom is -0.497 e. The number of aromatic nitrogens is 1. The molecule has 0 N–H and O–H groups in total. The Kier molecular flexibility index (Phi) is 6.35. The van der Waals surface area contributed by atoms with Crippen molar-refractivity contribution in [3.63, 3.8) is 0 Å². The van der Waals surface area contributed by atoms with Crippen LogP contribution >= 0.6 is 23.2 Å². The van der Waals surface area contributed by atoms with Gasteiger partial charge in [-0.15, -0.1) is 0 Å². The van der Waals surface area contributed by atoms with E-state index in [1.165, 1.54) is 0 Å². The van der Waals surface area contributed by atoms with Crippen LogP contribution in [0.25, 0.3) is 33.6 Å². The van der Waals surface area contributed by atoms with Crippen molar-refractivity contribution in [1.82, 2.24) is 4.98 Å². The van der Waals surface area contributed by atoms with Crippen LogP contribution < -0.4 is 4.74 Å². The van der Waals surface area contributed by atoms with Gasteiger partial charge in [-0.3, -0.25) is 9.59 Å². The number of pyridine rings is 1. The van der Waals surface area contributed by atoms with Gasteiger partial charge in [0.1, 0.15) is 5.75 Å². The van der Waals surface area contributed by atoms with Crippen molar-refractivity contribution in [2.75, 3.05) is 7.11 Å². The first-order chi connectivity index (χ1) is 15.4. The van der Waals surface area contributed by atoms with Gasteiger partial charge in [0.25, 0.3) is 10.5 Å². The van der Waals surface area contributed by atoms with Crippen molar-refractivity contribution in [3.05, 3.63) is 96.1 Å². The van der Waals surface area contributed by atoms with Crippen molar-refractivity contribution >= 4 is 33.7 Å². The molecule has 158 valence electrons. The molecule has 6 heteroatoms. The second kappa shape index (κ2) is 9.35. The molecule has 0 radical (unpaired) electrons. The standard InChI is InChI=1S/C26H17Cl2NO3/c1-32-22-12-10-16(11-13-22)21-14-23(17-2-6-19(7-3-17)25(27)30)29-24(15-21)18-4-8-20(9-5-18)26(28)31/h2-15H,1H3. The zero-order valence-corrected chi connectivity index (χ0v) is 18.5. The van der Waals surface area contributed by atoms with Gasteiger partial charge in [0, 0.05) is 22.3 Å². The zero-order chi connectivity index (χ0) is 22.7. The maximum atomic E-state index is 11.4. The molecule has 0 unspecified atom stereocenters. The summed E-state index contributed by atoms with van der Waals surface area (Å²) in [5.41, 5.74) is 5.95. The first kappa shape index (κ1) is 21.8. The first-order valence-corrected chi connectivity index (χ1v) is 10.5. The van der Waals surface area contributed by atoms with Gasteiger partial charge in [0.05, 0.1) is 18.5 Å². The number of methoxy groups -OCH3 is 1. The average molecular weight is 462 g/mol. The monoisotopic (exact) mass is 461 g/mol. The van der Waals surface area contributed by atoms with Crippen molar-refractivity contribution in [1.29, 1.82) is 0 Å². The number of hydrogen-bond acceptors (Lipinski definition) is 4. The van der Waals surface area contributed by atoms with Crippen LogP contribution in [-0.2, 0) is 0 Å². The Hall–Kier alpha value is -3.47. The van der Waals surface area contributed by atoms with Crippen LogP contribution in [0.5, 0.6) is 5.75 Å². The van der Waals surface area contributed by atoms with E-state index in [9.17, 15) is 9.59 Å². The summed E-state index contributed by atoms with van der Waals surface area (Å²) in [7, 11) is 1.63. The molecule has 1 aromatic heterocycles. The van der Waals surface area contributed by atoms with E-state index in [4.69, 9.17) is 32.9 Å². The highest BCUT2D eigenvalue weighted by molar-refractivity contribution is 6.68. The highest BCUT2D eigenvalue weighted by Gasteiger charge is 2.11. The van der Waals surface area contributed by atoms with E-state index < -0.39 is 10.5 Å². The number of carbonyl (C=O) groups excluding carboxylic acids is 2. The molecule has 0 aliphatic rings. The van der Waals surface area contributed by atoms with Crippen molar-refractivity contribution in [2.45, 2.75) is 0 Å². The van der Waals surface area contributed by atoms with Crippen molar-refractivity contribution in [3.8, 4) is 39.4 Å². The minimum absolute atomic E-state index is 0.420. The molecule has 4 nitrogen and oxygen atoms in total. The summed E-state index contributed by atoms with van der Waals surface area (Å²) in [5, 5.41) is -1.02. The summed E-state index contributed by atoms with van der Waals surface area (Å²) < 4.78 is 5.26. The number of carbonyl (C=O) groups is 2. The molecule has 0 bridgehead atoms.